The minimum Gasteiger partial charge on any atom is -0.274 e. The van der Waals surface area contributed by atoms with E-state index in [1.54, 1.807) is 13.8 Å². The van der Waals surface area contributed by atoms with Gasteiger partial charge >= 0.3 is 0 Å². The number of hydrogen-bond acceptors (Lipinski definition) is 3. The van der Waals surface area contributed by atoms with Crippen molar-refractivity contribution in [1.82, 2.24) is 4.72 Å². The van der Waals surface area contributed by atoms with Crippen LogP contribution in [0.2, 0.25) is 0 Å². The second-order valence-corrected chi connectivity index (χ2v) is 6.39. The van der Waals surface area contributed by atoms with Gasteiger partial charge in [-0.2, -0.15) is 0 Å². The molecule has 1 atom stereocenters. The Labute approximate surface area is 92.5 Å². The van der Waals surface area contributed by atoms with E-state index in [1.165, 1.54) is 0 Å². The Bertz CT molecular complexity index is 307. The summed E-state index contributed by atoms with van der Waals surface area (Å²) >= 11 is 0. The number of rotatable bonds is 5. The van der Waals surface area contributed by atoms with Gasteiger partial charge in [0.25, 0.3) is 0 Å². The van der Waals surface area contributed by atoms with Crippen molar-refractivity contribution in [2.75, 3.05) is 5.75 Å². The lowest BCUT2D eigenvalue weighted by molar-refractivity contribution is -0.122. The molecular weight excluding hydrogens is 214 g/mol. The molecule has 0 spiro atoms. The lowest BCUT2D eigenvalue weighted by Gasteiger charge is -2.16. The van der Waals surface area contributed by atoms with E-state index in [-0.39, 0.29) is 23.5 Å². The van der Waals surface area contributed by atoms with Crippen molar-refractivity contribution < 1.29 is 13.2 Å². The first-order valence-electron chi connectivity index (χ1n) is 5.20. The van der Waals surface area contributed by atoms with Crippen molar-refractivity contribution in [3.8, 4) is 0 Å². The molecule has 0 heterocycles. The largest absolute Gasteiger partial charge is 0.274 e. The van der Waals surface area contributed by atoms with Crippen molar-refractivity contribution >= 4 is 15.9 Å². The quantitative estimate of drug-likeness (QED) is 0.783. The van der Waals surface area contributed by atoms with Crippen LogP contribution in [0.4, 0.5) is 0 Å². The fourth-order valence-electron chi connectivity index (χ4n) is 0.851. The van der Waals surface area contributed by atoms with E-state index in [2.05, 4.69) is 4.72 Å². The highest BCUT2D eigenvalue weighted by Crippen LogP contribution is 2.11. The predicted octanol–water partition coefficient (Wildman–Crippen LogP) is 1.38. The van der Waals surface area contributed by atoms with E-state index in [0.29, 0.717) is 0 Å². The van der Waals surface area contributed by atoms with Crippen LogP contribution in [-0.4, -0.2) is 20.1 Å². The van der Waals surface area contributed by atoms with Crippen LogP contribution in [0.3, 0.4) is 0 Å². The fraction of sp³-hybridized carbons (Fsp3) is 0.900. The van der Waals surface area contributed by atoms with Crippen molar-refractivity contribution in [2.45, 2.75) is 34.6 Å². The average molecular weight is 235 g/mol. The number of amides is 1. The summed E-state index contributed by atoms with van der Waals surface area (Å²) < 4.78 is 25.1. The summed E-state index contributed by atoms with van der Waals surface area (Å²) in [5.74, 6) is -0.415. The summed E-state index contributed by atoms with van der Waals surface area (Å²) in [6, 6.07) is 0. The van der Waals surface area contributed by atoms with E-state index in [1.807, 2.05) is 20.8 Å². The summed E-state index contributed by atoms with van der Waals surface area (Å²) in [7, 11) is -3.47. The summed E-state index contributed by atoms with van der Waals surface area (Å²) in [4.78, 5) is 11.2. The van der Waals surface area contributed by atoms with E-state index < -0.39 is 15.9 Å². The van der Waals surface area contributed by atoms with Crippen molar-refractivity contribution in [3.63, 3.8) is 0 Å². The maximum atomic E-state index is 11.5. The van der Waals surface area contributed by atoms with E-state index in [4.69, 9.17) is 0 Å². The molecule has 0 unspecified atom stereocenters. The van der Waals surface area contributed by atoms with Gasteiger partial charge in [0.2, 0.25) is 15.9 Å². The number of sulfonamides is 1. The zero-order valence-electron chi connectivity index (χ0n) is 10.1. The number of carbonyl (C=O) groups excluding carboxylic acids is 1. The van der Waals surface area contributed by atoms with Gasteiger partial charge in [-0.1, -0.05) is 34.6 Å². The summed E-state index contributed by atoms with van der Waals surface area (Å²) in [6.07, 6.45) is 0. The predicted molar refractivity (Wildman–Crippen MR) is 60.8 cm³/mol. The van der Waals surface area contributed by atoms with Crippen LogP contribution in [0, 0.1) is 17.8 Å². The van der Waals surface area contributed by atoms with Gasteiger partial charge < -0.3 is 0 Å². The molecule has 0 rings (SSSR count). The minimum atomic E-state index is -3.47. The van der Waals surface area contributed by atoms with Crippen LogP contribution in [0.5, 0.6) is 0 Å². The Hall–Kier alpha value is -0.580. The van der Waals surface area contributed by atoms with Crippen LogP contribution in [-0.2, 0) is 14.8 Å². The van der Waals surface area contributed by atoms with Crippen LogP contribution < -0.4 is 4.72 Å². The van der Waals surface area contributed by atoms with Gasteiger partial charge in [-0.3, -0.25) is 9.52 Å². The molecule has 0 aliphatic carbocycles. The molecule has 1 N–H and O–H groups in total. The van der Waals surface area contributed by atoms with Gasteiger partial charge in [0.05, 0.1) is 5.75 Å². The molecule has 0 fully saturated rings. The first-order chi connectivity index (χ1) is 6.65. The van der Waals surface area contributed by atoms with Crippen molar-refractivity contribution in [1.29, 1.82) is 0 Å². The molecule has 5 heteroatoms. The van der Waals surface area contributed by atoms with Crippen LogP contribution in [0.15, 0.2) is 0 Å². The molecule has 0 aromatic rings. The molecule has 0 saturated heterocycles. The van der Waals surface area contributed by atoms with Crippen molar-refractivity contribution in [2.24, 2.45) is 17.8 Å². The highest BCUT2D eigenvalue weighted by molar-refractivity contribution is 7.90. The third-order valence-corrected chi connectivity index (χ3v) is 3.88. The standard InChI is InChI=1S/C10H21NO3S/c1-7(2)9(5)6-15(13,14)11-10(12)8(3)4/h7-9H,6H2,1-5H3,(H,11,12)/t9-/m1/s1. The van der Waals surface area contributed by atoms with Gasteiger partial charge in [-0.05, 0) is 11.8 Å². The monoisotopic (exact) mass is 235 g/mol. The molecule has 1 amide bonds. The summed E-state index contributed by atoms with van der Waals surface area (Å²) in [6.45, 7) is 9.12. The fourth-order valence-corrected chi connectivity index (χ4v) is 2.55. The second-order valence-electron chi connectivity index (χ2n) is 4.62. The van der Waals surface area contributed by atoms with E-state index in [9.17, 15) is 13.2 Å². The molecule has 90 valence electrons. The second kappa shape index (κ2) is 5.49. The van der Waals surface area contributed by atoms with Gasteiger partial charge in [0.1, 0.15) is 0 Å². The Morgan fingerprint density at radius 2 is 1.60 bits per heavy atom. The van der Waals surface area contributed by atoms with Crippen LogP contribution >= 0.6 is 0 Å². The van der Waals surface area contributed by atoms with Crippen molar-refractivity contribution in [3.05, 3.63) is 0 Å². The number of hydrogen-bond donors (Lipinski definition) is 1. The highest BCUT2D eigenvalue weighted by atomic mass is 32.2. The van der Waals surface area contributed by atoms with Gasteiger partial charge in [-0.15, -0.1) is 0 Å². The highest BCUT2D eigenvalue weighted by Gasteiger charge is 2.21. The zero-order chi connectivity index (χ0) is 12.2. The van der Waals surface area contributed by atoms with Crippen LogP contribution in [0.1, 0.15) is 34.6 Å². The molecule has 0 saturated carbocycles. The lowest BCUT2D eigenvalue weighted by Crippen LogP contribution is -2.37. The zero-order valence-corrected chi connectivity index (χ0v) is 10.9. The Morgan fingerprint density at radius 3 is 1.93 bits per heavy atom. The third-order valence-electron chi connectivity index (χ3n) is 2.40. The smallest absolute Gasteiger partial charge is 0.235 e. The summed E-state index contributed by atoms with van der Waals surface area (Å²) in [5, 5.41) is 0. The maximum absolute atomic E-state index is 11.5. The first kappa shape index (κ1) is 14.4. The third kappa shape index (κ3) is 5.77. The summed E-state index contributed by atoms with van der Waals surface area (Å²) in [5.41, 5.74) is 0. The molecule has 0 bridgehead atoms. The Morgan fingerprint density at radius 1 is 1.13 bits per heavy atom. The molecule has 0 aromatic carbocycles. The van der Waals surface area contributed by atoms with E-state index >= 15 is 0 Å². The number of nitrogens with one attached hydrogen (secondary N) is 1. The molecule has 0 radical (unpaired) electrons. The first-order valence-corrected chi connectivity index (χ1v) is 6.85. The lowest BCUT2D eigenvalue weighted by atomic mass is 10.0. The van der Waals surface area contributed by atoms with Crippen LogP contribution in [0.25, 0.3) is 0 Å². The normalized spacial score (nSPS) is 14.3. The molecular formula is C10H21NO3S. The Balaban J connectivity index is 4.39. The molecule has 4 nitrogen and oxygen atoms in total. The molecule has 0 aliphatic heterocycles. The van der Waals surface area contributed by atoms with Gasteiger partial charge in [0.15, 0.2) is 0 Å². The van der Waals surface area contributed by atoms with Gasteiger partial charge in [0, 0.05) is 5.92 Å². The maximum Gasteiger partial charge on any atom is 0.235 e. The molecule has 0 aliphatic rings. The SMILES string of the molecule is CC(C)C(=O)NS(=O)(=O)C[C@@H](C)C(C)C. The Kier molecular flexibility index (Phi) is 5.28. The van der Waals surface area contributed by atoms with Gasteiger partial charge in [-0.25, -0.2) is 8.42 Å². The minimum absolute atomic E-state index is 0.00310. The topological polar surface area (TPSA) is 63.2 Å². The molecule has 15 heavy (non-hydrogen) atoms. The number of carbonyl (C=O) groups is 1. The van der Waals surface area contributed by atoms with E-state index in [0.717, 1.165) is 0 Å². The average Bonchev–Trinajstić information content (AvgIpc) is 2.01. The molecule has 0 aromatic heterocycles.